The lowest BCUT2D eigenvalue weighted by atomic mass is 10.2. The van der Waals surface area contributed by atoms with Gasteiger partial charge >= 0.3 is 0 Å². The second-order valence-electron chi connectivity index (χ2n) is 7.03. The van der Waals surface area contributed by atoms with Crippen LogP contribution in [0.25, 0.3) is 0 Å². The van der Waals surface area contributed by atoms with Gasteiger partial charge in [0.2, 0.25) is 0 Å². The minimum absolute atomic E-state index is 0.00302. The summed E-state index contributed by atoms with van der Waals surface area (Å²) in [6, 6.07) is 16.6. The minimum atomic E-state index is -4.01. The predicted molar refractivity (Wildman–Crippen MR) is 121 cm³/mol. The number of amides is 2. The molecule has 0 heterocycles. The van der Waals surface area contributed by atoms with Gasteiger partial charge in [-0.1, -0.05) is 18.2 Å². The van der Waals surface area contributed by atoms with Crippen LogP contribution in [0.4, 0.5) is 10.1 Å². The molecule has 3 rings (SSSR count). The second kappa shape index (κ2) is 10.6. The Bertz CT molecular complexity index is 1250. The Morgan fingerprint density at radius 3 is 2.09 bits per heavy atom. The third-order valence-corrected chi connectivity index (χ3v) is 5.96. The molecule has 0 aliphatic heterocycles. The van der Waals surface area contributed by atoms with Crippen LogP contribution in [0.3, 0.4) is 0 Å². The number of hydrogen-bond donors (Lipinski definition) is 4. The molecule has 4 N–H and O–H groups in total. The SMILES string of the molecule is O=C(NCCCNC(=O)c1cccc(O)c1)c1ccc(S(=O)(=O)Nc2ccccc2F)cc1. The molecule has 0 radical (unpaired) electrons. The molecule has 8 nitrogen and oxygen atoms in total. The number of rotatable bonds is 9. The average molecular weight is 472 g/mol. The Hall–Kier alpha value is -3.92. The zero-order valence-electron chi connectivity index (χ0n) is 17.4. The molecule has 0 aliphatic rings. The molecule has 2 amide bonds. The first kappa shape index (κ1) is 23.7. The molecule has 33 heavy (non-hydrogen) atoms. The zero-order chi connectivity index (χ0) is 23.8. The molecule has 0 fully saturated rings. The van der Waals surface area contributed by atoms with Gasteiger partial charge in [-0.25, -0.2) is 12.8 Å². The van der Waals surface area contributed by atoms with Gasteiger partial charge in [0.05, 0.1) is 10.6 Å². The number of para-hydroxylation sites is 1. The Morgan fingerprint density at radius 2 is 1.45 bits per heavy atom. The lowest BCUT2D eigenvalue weighted by molar-refractivity contribution is 0.0951. The highest BCUT2D eigenvalue weighted by atomic mass is 32.2. The largest absolute Gasteiger partial charge is 0.508 e. The highest BCUT2D eigenvalue weighted by Gasteiger charge is 2.17. The zero-order valence-corrected chi connectivity index (χ0v) is 18.2. The number of anilines is 1. The van der Waals surface area contributed by atoms with E-state index in [0.29, 0.717) is 18.5 Å². The lowest BCUT2D eigenvalue weighted by Gasteiger charge is -2.10. The first-order chi connectivity index (χ1) is 15.8. The molecular formula is C23H22FN3O5S. The summed E-state index contributed by atoms with van der Waals surface area (Å²) in [6.45, 7) is 0.599. The number of benzene rings is 3. The Balaban J connectivity index is 1.47. The number of phenolic OH excluding ortho intramolecular Hbond substituents is 1. The normalized spacial score (nSPS) is 10.9. The Kier molecular flexibility index (Phi) is 7.62. The number of carbonyl (C=O) groups excluding carboxylic acids is 2. The number of carbonyl (C=O) groups is 2. The first-order valence-corrected chi connectivity index (χ1v) is 11.5. The molecular weight excluding hydrogens is 449 g/mol. The molecule has 172 valence electrons. The predicted octanol–water partition coefficient (Wildman–Crippen LogP) is 2.88. The van der Waals surface area contributed by atoms with Gasteiger partial charge in [-0.2, -0.15) is 0 Å². The van der Waals surface area contributed by atoms with Crippen molar-refractivity contribution in [1.29, 1.82) is 0 Å². The van der Waals surface area contributed by atoms with Gasteiger partial charge < -0.3 is 15.7 Å². The summed E-state index contributed by atoms with van der Waals surface area (Å²) in [7, 11) is -4.01. The van der Waals surface area contributed by atoms with Crippen molar-refractivity contribution in [3.8, 4) is 5.75 Å². The number of aromatic hydroxyl groups is 1. The van der Waals surface area contributed by atoms with Crippen molar-refractivity contribution < 1.29 is 27.5 Å². The molecule has 0 unspecified atom stereocenters. The van der Waals surface area contributed by atoms with E-state index >= 15 is 0 Å². The van der Waals surface area contributed by atoms with E-state index in [1.165, 1.54) is 54.6 Å². The molecule has 0 spiro atoms. The average Bonchev–Trinajstić information content (AvgIpc) is 2.80. The molecule has 0 aliphatic carbocycles. The van der Waals surface area contributed by atoms with Gasteiger partial charge in [0.1, 0.15) is 11.6 Å². The van der Waals surface area contributed by atoms with E-state index in [9.17, 15) is 27.5 Å². The summed E-state index contributed by atoms with van der Waals surface area (Å²) >= 11 is 0. The van der Waals surface area contributed by atoms with Crippen LogP contribution in [-0.4, -0.2) is 38.4 Å². The van der Waals surface area contributed by atoms with E-state index in [0.717, 1.165) is 6.07 Å². The monoisotopic (exact) mass is 471 g/mol. The first-order valence-electron chi connectivity index (χ1n) is 9.99. The molecule has 0 atom stereocenters. The van der Waals surface area contributed by atoms with Crippen LogP contribution < -0.4 is 15.4 Å². The van der Waals surface area contributed by atoms with Crippen molar-refractivity contribution in [2.24, 2.45) is 0 Å². The van der Waals surface area contributed by atoms with Crippen LogP contribution >= 0.6 is 0 Å². The molecule has 10 heteroatoms. The summed E-state index contributed by atoms with van der Waals surface area (Å²) in [5, 5.41) is 14.8. The molecule has 3 aromatic rings. The van der Waals surface area contributed by atoms with Gasteiger partial charge in [-0.15, -0.1) is 0 Å². The smallest absolute Gasteiger partial charge is 0.261 e. The number of hydrogen-bond acceptors (Lipinski definition) is 5. The van der Waals surface area contributed by atoms with Crippen LogP contribution in [0.15, 0.2) is 77.7 Å². The van der Waals surface area contributed by atoms with Crippen molar-refractivity contribution in [1.82, 2.24) is 10.6 Å². The standard InChI is InChI=1S/C23H22FN3O5S/c24-20-7-1-2-8-21(20)27-33(31,32)19-11-9-16(10-12-19)22(29)25-13-4-14-26-23(30)17-5-3-6-18(28)15-17/h1-3,5-12,15,27-28H,4,13-14H2,(H,25,29)(H,26,30). The fraction of sp³-hybridized carbons (Fsp3) is 0.130. The van der Waals surface area contributed by atoms with E-state index in [-0.39, 0.29) is 34.3 Å². The van der Waals surface area contributed by atoms with Crippen LogP contribution in [0.5, 0.6) is 5.75 Å². The van der Waals surface area contributed by atoms with E-state index in [1.807, 2.05) is 0 Å². The Morgan fingerprint density at radius 1 is 0.818 bits per heavy atom. The fourth-order valence-corrected chi connectivity index (χ4v) is 3.94. The van der Waals surface area contributed by atoms with Crippen LogP contribution in [0.2, 0.25) is 0 Å². The summed E-state index contributed by atoms with van der Waals surface area (Å²) < 4.78 is 40.7. The van der Waals surface area contributed by atoms with Crippen molar-refractivity contribution in [3.63, 3.8) is 0 Å². The lowest BCUT2D eigenvalue weighted by Crippen LogP contribution is -2.29. The van der Waals surface area contributed by atoms with E-state index < -0.39 is 21.7 Å². The van der Waals surface area contributed by atoms with Crippen molar-refractivity contribution in [2.75, 3.05) is 17.8 Å². The fourth-order valence-electron chi connectivity index (χ4n) is 2.88. The van der Waals surface area contributed by atoms with Gasteiger partial charge in [0.15, 0.2) is 0 Å². The number of halogens is 1. The van der Waals surface area contributed by atoms with Crippen LogP contribution in [0.1, 0.15) is 27.1 Å². The molecule has 0 saturated heterocycles. The van der Waals surface area contributed by atoms with Crippen LogP contribution in [0, 0.1) is 5.82 Å². The maximum Gasteiger partial charge on any atom is 0.261 e. The van der Waals surface area contributed by atoms with Gasteiger partial charge in [-0.05, 0) is 61.0 Å². The van der Waals surface area contributed by atoms with Gasteiger partial charge in [0, 0.05) is 24.2 Å². The van der Waals surface area contributed by atoms with Crippen molar-refractivity contribution in [3.05, 3.63) is 89.7 Å². The molecule has 0 aromatic heterocycles. The van der Waals surface area contributed by atoms with Gasteiger partial charge in [0.25, 0.3) is 21.8 Å². The number of nitrogens with one attached hydrogen (secondary N) is 3. The third-order valence-electron chi connectivity index (χ3n) is 4.58. The van der Waals surface area contributed by atoms with Crippen molar-refractivity contribution >= 4 is 27.5 Å². The van der Waals surface area contributed by atoms with E-state index in [2.05, 4.69) is 15.4 Å². The Labute approximate surface area is 190 Å². The maximum atomic E-state index is 13.7. The van der Waals surface area contributed by atoms with E-state index in [4.69, 9.17) is 0 Å². The highest BCUT2D eigenvalue weighted by Crippen LogP contribution is 2.19. The second-order valence-corrected chi connectivity index (χ2v) is 8.71. The summed E-state index contributed by atoms with van der Waals surface area (Å²) in [5.41, 5.74) is 0.415. The quantitative estimate of drug-likeness (QED) is 0.357. The third kappa shape index (κ3) is 6.53. The number of phenols is 1. The summed E-state index contributed by atoms with van der Waals surface area (Å²) in [4.78, 5) is 24.1. The van der Waals surface area contributed by atoms with Crippen LogP contribution in [-0.2, 0) is 10.0 Å². The van der Waals surface area contributed by atoms with Crippen molar-refractivity contribution in [2.45, 2.75) is 11.3 Å². The topological polar surface area (TPSA) is 125 Å². The maximum absolute atomic E-state index is 13.7. The molecule has 0 saturated carbocycles. The minimum Gasteiger partial charge on any atom is -0.508 e. The molecule has 3 aromatic carbocycles. The summed E-state index contributed by atoms with van der Waals surface area (Å²) in [6.07, 6.45) is 0.468. The summed E-state index contributed by atoms with van der Waals surface area (Å²) in [5.74, 6) is -1.44. The van der Waals surface area contributed by atoms with Gasteiger partial charge in [-0.3, -0.25) is 14.3 Å². The highest BCUT2D eigenvalue weighted by molar-refractivity contribution is 7.92. The van der Waals surface area contributed by atoms with E-state index in [1.54, 1.807) is 12.1 Å². The number of sulfonamides is 1. The molecule has 0 bridgehead atoms.